The Balaban J connectivity index is 2.46. The molecule has 13 heavy (non-hydrogen) atoms. The van der Waals surface area contributed by atoms with E-state index >= 15 is 0 Å². The first-order valence-corrected chi connectivity index (χ1v) is 4.91. The Hall–Kier alpha value is -1.04. The van der Waals surface area contributed by atoms with Crippen molar-refractivity contribution < 1.29 is 4.79 Å². The molecule has 0 aromatic heterocycles. The third kappa shape index (κ3) is 3.06. The van der Waals surface area contributed by atoms with Gasteiger partial charge >= 0.3 is 0 Å². The van der Waals surface area contributed by atoms with Crippen molar-refractivity contribution in [1.29, 1.82) is 5.26 Å². The van der Waals surface area contributed by atoms with Crippen molar-refractivity contribution in [2.24, 2.45) is 5.92 Å². The first-order chi connectivity index (χ1) is 6.24. The summed E-state index contributed by atoms with van der Waals surface area (Å²) in [7, 11) is 0. The van der Waals surface area contributed by atoms with Crippen molar-refractivity contribution in [2.45, 2.75) is 32.6 Å². The molecule has 0 saturated carbocycles. The number of rotatable bonds is 2. The van der Waals surface area contributed by atoms with Crippen LogP contribution in [0.1, 0.15) is 32.6 Å². The number of likely N-dealkylation sites (tertiary alicyclic amines) is 1. The number of carbonyl (C=O) groups is 1. The van der Waals surface area contributed by atoms with Crippen LogP contribution in [0.2, 0.25) is 0 Å². The molecule has 1 heterocycles. The van der Waals surface area contributed by atoms with Gasteiger partial charge in [-0.05, 0) is 19.8 Å². The minimum absolute atomic E-state index is 0.0398. The molecule has 0 bridgehead atoms. The van der Waals surface area contributed by atoms with E-state index < -0.39 is 0 Å². The summed E-state index contributed by atoms with van der Waals surface area (Å²) in [6.45, 7) is 3.30. The second kappa shape index (κ2) is 4.86. The zero-order chi connectivity index (χ0) is 9.68. The van der Waals surface area contributed by atoms with Gasteiger partial charge in [0, 0.05) is 19.5 Å². The number of amides is 1. The molecule has 72 valence electrons. The first-order valence-electron chi connectivity index (χ1n) is 4.91. The topological polar surface area (TPSA) is 44.1 Å². The SMILES string of the molecule is CC(C#N)CN1CCCCCC1=O. The minimum atomic E-state index is -0.0398. The van der Waals surface area contributed by atoms with Gasteiger partial charge in [-0.2, -0.15) is 5.26 Å². The van der Waals surface area contributed by atoms with E-state index in [1.54, 1.807) is 0 Å². The third-order valence-electron chi connectivity index (χ3n) is 2.39. The Morgan fingerprint density at radius 3 is 3.00 bits per heavy atom. The second-order valence-electron chi connectivity index (χ2n) is 3.68. The maximum absolute atomic E-state index is 11.5. The van der Waals surface area contributed by atoms with Crippen LogP contribution in [0.4, 0.5) is 0 Å². The van der Waals surface area contributed by atoms with E-state index in [9.17, 15) is 4.79 Å². The third-order valence-corrected chi connectivity index (χ3v) is 2.39. The Morgan fingerprint density at radius 2 is 2.31 bits per heavy atom. The van der Waals surface area contributed by atoms with Crippen LogP contribution < -0.4 is 0 Å². The van der Waals surface area contributed by atoms with Gasteiger partial charge in [-0.15, -0.1) is 0 Å². The highest BCUT2D eigenvalue weighted by atomic mass is 16.2. The normalized spacial score (nSPS) is 20.6. The van der Waals surface area contributed by atoms with Crippen molar-refractivity contribution >= 4 is 5.91 Å². The Morgan fingerprint density at radius 1 is 1.54 bits per heavy atom. The van der Waals surface area contributed by atoms with Crippen molar-refractivity contribution in [2.75, 3.05) is 13.1 Å². The molecule has 0 aliphatic carbocycles. The van der Waals surface area contributed by atoms with Gasteiger partial charge in [-0.25, -0.2) is 0 Å². The number of nitrogens with zero attached hydrogens (tertiary/aromatic N) is 2. The lowest BCUT2D eigenvalue weighted by Gasteiger charge is -2.21. The standard InChI is InChI=1S/C10H16N2O/c1-9(7-11)8-12-6-4-2-3-5-10(12)13/h9H,2-6,8H2,1H3. The Bertz CT molecular complexity index is 219. The van der Waals surface area contributed by atoms with Crippen LogP contribution in [-0.4, -0.2) is 23.9 Å². The molecular formula is C10H16N2O. The van der Waals surface area contributed by atoms with Crippen LogP contribution >= 0.6 is 0 Å². The fraction of sp³-hybridized carbons (Fsp3) is 0.800. The molecule has 1 aliphatic heterocycles. The van der Waals surface area contributed by atoms with Crippen LogP contribution in [0.25, 0.3) is 0 Å². The molecule has 3 nitrogen and oxygen atoms in total. The average molecular weight is 180 g/mol. The highest BCUT2D eigenvalue weighted by molar-refractivity contribution is 5.76. The highest BCUT2D eigenvalue weighted by Crippen LogP contribution is 2.12. The van der Waals surface area contributed by atoms with E-state index in [4.69, 9.17) is 5.26 Å². The Labute approximate surface area is 79.3 Å². The van der Waals surface area contributed by atoms with Gasteiger partial charge in [0.1, 0.15) is 0 Å². The fourth-order valence-electron chi connectivity index (χ4n) is 1.60. The summed E-state index contributed by atoms with van der Waals surface area (Å²) in [4.78, 5) is 13.3. The van der Waals surface area contributed by atoms with Gasteiger partial charge < -0.3 is 4.90 Å². The van der Waals surface area contributed by atoms with Gasteiger partial charge in [0.2, 0.25) is 5.91 Å². The van der Waals surface area contributed by atoms with Crippen LogP contribution in [-0.2, 0) is 4.79 Å². The fourth-order valence-corrected chi connectivity index (χ4v) is 1.60. The summed E-state index contributed by atoms with van der Waals surface area (Å²) in [6, 6.07) is 2.16. The molecule has 0 spiro atoms. The van der Waals surface area contributed by atoms with E-state index in [0.717, 1.165) is 25.8 Å². The van der Waals surface area contributed by atoms with Crippen LogP contribution in [0.5, 0.6) is 0 Å². The molecule has 0 radical (unpaired) electrons. The zero-order valence-electron chi connectivity index (χ0n) is 8.12. The minimum Gasteiger partial charge on any atom is -0.341 e. The van der Waals surface area contributed by atoms with Crippen molar-refractivity contribution in [1.82, 2.24) is 4.90 Å². The molecule has 1 rings (SSSR count). The number of carbonyl (C=O) groups excluding carboxylic acids is 1. The van der Waals surface area contributed by atoms with E-state index in [2.05, 4.69) is 6.07 Å². The number of nitriles is 1. The van der Waals surface area contributed by atoms with Gasteiger partial charge in [-0.3, -0.25) is 4.79 Å². The van der Waals surface area contributed by atoms with E-state index in [0.29, 0.717) is 13.0 Å². The molecule has 1 amide bonds. The lowest BCUT2D eigenvalue weighted by atomic mass is 10.2. The summed E-state index contributed by atoms with van der Waals surface area (Å²) >= 11 is 0. The second-order valence-corrected chi connectivity index (χ2v) is 3.68. The maximum atomic E-state index is 11.5. The van der Waals surface area contributed by atoms with Crippen molar-refractivity contribution in [3.05, 3.63) is 0 Å². The molecule has 0 N–H and O–H groups in total. The molecule has 0 aromatic rings. The van der Waals surface area contributed by atoms with Gasteiger partial charge in [0.25, 0.3) is 0 Å². The summed E-state index contributed by atoms with van der Waals surface area (Å²) in [6.07, 6.45) is 3.90. The van der Waals surface area contributed by atoms with Crippen LogP contribution in [0, 0.1) is 17.2 Å². The average Bonchev–Trinajstić information content (AvgIpc) is 2.32. The monoisotopic (exact) mass is 180 g/mol. The van der Waals surface area contributed by atoms with E-state index in [1.165, 1.54) is 0 Å². The predicted molar refractivity (Wildman–Crippen MR) is 49.8 cm³/mol. The summed E-state index contributed by atoms with van der Waals surface area (Å²) < 4.78 is 0. The molecule has 3 heteroatoms. The molecular weight excluding hydrogens is 164 g/mol. The highest BCUT2D eigenvalue weighted by Gasteiger charge is 2.17. The molecule has 1 unspecified atom stereocenters. The maximum Gasteiger partial charge on any atom is 0.222 e. The summed E-state index contributed by atoms with van der Waals surface area (Å²) in [5.41, 5.74) is 0. The smallest absolute Gasteiger partial charge is 0.222 e. The molecule has 1 atom stereocenters. The quantitative estimate of drug-likeness (QED) is 0.647. The Kier molecular flexibility index (Phi) is 3.75. The lowest BCUT2D eigenvalue weighted by molar-refractivity contribution is -0.131. The molecule has 1 aliphatic rings. The predicted octanol–water partition coefficient (Wildman–Crippen LogP) is 1.55. The first kappa shape index (κ1) is 10.0. The van der Waals surface area contributed by atoms with Crippen LogP contribution in [0.3, 0.4) is 0 Å². The van der Waals surface area contributed by atoms with Gasteiger partial charge in [-0.1, -0.05) is 6.42 Å². The lowest BCUT2D eigenvalue weighted by Crippen LogP contribution is -2.33. The molecule has 0 aromatic carbocycles. The summed E-state index contributed by atoms with van der Waals surface area (Å²) in [5, 5.41) is 8.63. The van der Waals surface area contributed by atoms with Gasteiger partial charge in [0.05, 0.1) is 12.0 Å². The van der Waals surface area contributed by atoms with Crippen molar-refractivity contribution in [3.8, 4) is 6.07 Å². The largest absolute Gasteiger partial charge is 0.341 e. The molecule has 1 fully saturated rings. The number of hydrogen-bond donors (Lipinski definition) is 0. The van der Waals surface area contributed by atoms with Crippen molar-refractivity contribution in [3.63, 3.8) is 0 Å². The molecule has 1 saturated heterocycles. The zero-order valence-corrected chi connectivity index (χ0v) is 8.12. The van der Waals surface area contributed by atoms with E-state index in [-0.39, 0.29) is 11.8 Å². The number of hydrogen-bond acceptors (Lipinski definition) is 2. The van der Waals surface area contributed by atoms with E-state index in [1.807, 2.05) is 11.8 Å². The van der Waals surface area contributed by atoms with Gasteiger partial charge in [0.15, 0.2) is 0 Å². The summed E-state index contributed by atoms with van der Waals surface area (Å²) in [5.74, 6) is 0.182. The van der Waals surface area contributed by atoms with Crippen LogP contribution in [0.15, 0.2) is 0 Å².